The first kappa shape index (κ1) is 17.0. The molecule has 0 aliphatic carbocycles. The number of pyridine rings is 1. The summed E-state index contributed by atoms with van der Waals surface area (Å²) in [6.45, 7) is 2.10. The summed E-state index contributed by atoms with van der Waals surface area (Å²) in [5, 5.41) is 10.00. The normalized spacial score (nSPS) is 11.8. The van der Waals surface area contributed by atoms with Gasteiger partial charge in [0.2, 0.25) is 10.0 Å². The molecule has 1 aromatic heterocycles. The Kier molecular flexibility index (Phi) is 5.28. The van der Waals surface area contributed by atoms with Crippen molar-refractivity contribution in [1.82, 2.24) is 9.29 Å². The highest BCUT2D eigenvalue weighted by atomic mass is 35.5. The van der Waals surface area contributed by atoms with E-state index < -0.39 is 15.8 Å². The molecule has 1 aromatic carbocycles. The molecule has 0 aliphatic rings. The minimum atomic E-state index is -3.93. The quantitative estimate of drug-likeness (QED) is 0.887. The number of phenols is 1. The number of nitrogens with zero attached hydrogens (tertiary/aromatic N) is 2. The van der Waals surface area contributed by atoms with Crippen molar-refractivity contribution in [3.63, 3.8) is 0 Å². The fourth-order valence-electron chi connectivity index (χ4n) is 1.94. The van der Waals surface area contributed by atoms with Crippen LogP contribution in [0.3, 0.4) is 0 Å². The molecule has 0 aliphatic heterocycles. The smallest absolute Gasteiger partial charge is 0.247 e. The van der Waals surface area contributed by atoms with Crippen LogP contribution in [0.4, 0.5) is 0 Å². The average Bonchev–Trinajstić information content (AvgIpc) is 2.49. The van der Waals surface area contributed by atoms with Crippen LogP contribution in [-0.4, -0.2) is 29.4 Å². The van der Waals surface area contributed by atoms with Crippen LogP contribution in [0.25, 0.3) is 0 Å². The van der Waals surface area contributed by atoms with E-state index in [0.29, 0.717) is 0 Å². The van der Waals surface area contributed by atoms with Crippen molar-refractivity contribution in [2.45, 2.75) is 18.4 Å². The zero-order valence-corrected chi connectivity index (χ0v) is 14.0. The van der Waals surface area contributed by atoms with E-state index in [9.17, 15) is 13.5 Å². The largest absolute Gasteiger partial charge is 0.505 e. The molecule has 1 heterocycles. The van der Waals surface area contributed by atoms with Gasteiger partial charge in [0.25, 0.3) is 0 Å². The topological polar surface area (TPSA) is 70.5 Å². The van der Waals surface area contributed by atoms with Gasteiger partial charge in [-0.2, -0.15) is 4.31 Å². The molecule has 2 aromatic rings. The molecule has 0 unspecified atom stereocenters. The van der Waals surface area contributed by atoms with Crippen LogP contribution in [0.15, 0.2) is 41.6 Å². The minimum absolute atomic E-state index is 0.106. The highest BCUT2D eigenvalue weighted by Gasteiger charge is 2.28. The lowest BCUT2D eigenvalue weighted by atomic mass is 10.3. The van der Waals surface area contributed by atoms with Gasteiger partial charge in [-0.15, -0.1) is 0 Å². The molecule has 0 fully saturated rings. The summed E-state index contributed by atoms with van der Waals surface area (Å²) in [6.07, 6.45) is 3.17. The van der Waals surface area contributed by atoms with E-state index in [-0.39, 0.29) is 28.0 Å². The monoisotopic (exact) mass is 360 g/mol. The Morgan fingerprint density at radius 2 is 1.86 bits per heavy atom. The van der Waals surface area contributed by atoms with Gasteiger partial charge in [-0.05, 0) is 29.8 Å². The van der Waals surface area contributed by atoms with E-state index in [1.54, 1.807) is 31.5 Å². The second-order valence-corrected chi connectivity index (χ2v) is 7.27. The third-order valence-electron chi connectivity index (χ3n) is 3.07. The second kappa shape index (κ2) is 6.83. The predicted molar refractivity (Wildman–Crippen MR) is 85.6 cm³/mol. The summed E-state index contributed by atoms with van der Waals surface area (Å²) >= 11 is 11.7. The van der Waals surface area contributed by atoms with E-state index in [1.165, 1.54) is 16.4 Å². The molecule has 0 amide bonds. The summed E-state index contributed by atoms with van der Waals surface area (Å²) in [7, 11) is -3.93. The van der Waals surface area contributed by atoms with Crippen LogP contribution in [-0.2, 0) is 16.6 Å². The van der Waals surface area contributed by atoms with E-state index in [0.717, 1.165) is 5.56 Å². The molecule has 8 heteroatoms. The van der Waals surface area contributed by atoms with E-state index >= 15 is 0 Å². The van der Waals surface area contributed by atoms with Crippen molar-refractivity contribution in [2.24, 2.45) is 0 Å². The molecular weight excluding hydrogens is 347 g/mol. The Morgan fingerprint density at radius 1 is 1.23 bits per heavy atom. The standard InChI is InChI=1S/C14H14Cl2N2O3S/c1-2-18(9-10-3-5-17-6-4-10)22(20,21)13-8-11(15)7-12(16)14(13)19/h3-8,19H,2,9H2,1H3. The summed E-state index contributed by atoms with van der Waals surface area (Å²) in [6, 6.07) is 5.93. The van der Waals surface area contributed by atoms with Crippen molar-refractivity contribution in [1.29, 1.82) is 0 Å². The Labute approximate surface area is 139 Å². The maximum atomic E-state index is 12.7. The summed E-state index contributed by atoms with van der Waals surface area (Å²) < 4.78 is 26.7. The number of aromatic hydroxyl groups is 1. The van der Waals surface area contributed by atoms with Crippen LogP contribution >= 0.6 is 23.2 Å². The SMILES string of the molecule is CCN(Cc1ccncc1)S(=O)(=O)c1cc(Cl)cc(Cl)c1O. The van der Waals surface area contributed by atoms with E-state index in [4.69, 9.17) is 23.2 Å². The van der Waals surface area contributed by atoms with Crippen LogP contribution in [0.5, 0.6) is 5.75 Å². The molecule has 0 atom stereocenters. The van der Waals surface area contributed by atoms with Crippen molar-refractivity contribution < 1.29 is 13.5 Å². The number of phenolic OH excluding ortho intramolecular Hbond substituents is 1. The van der Waals surface area contributed by atoms with Gasteiger partial charge in [-0.25, -0.2) is 8.42 Å². The number of sulfonamides is 1. The number of halogens is 2. The number of hydrogen-bond donors (Lipinski definition) is 1. The minimum Gasteiger partial charge on any atom is -0.505 e. The van der Waals surface area contributed by atoms with Gasteiger partial charge in [-0.1, -0.05) is 30.1 Å². The van der Waals surface area contributed by atoms with Crippen LogP contribution in [0.2, 0.25) is 10.0 Å². The third-order valence-corrected chi connectivity index (χ3v) is 5.51. The lowest BCUT2D eigenvalue weighted by molar-refractivity contribution is 0.413. The van der Waals surface area contributed by atoms with Gasteiger partial charge in [0.1, 0.15) is 4.90 Å². The molecule has 0 saturated carbocycles. The number of aromatic nitrogens is 1. The molecule has 118 valence electrons. The second-order valence-electron chi connectivity index (χ2n) is 4.52. The molecule has 0 spiro atoms. The van der Waals surface area contributed by atoms with Crippen molar-refractivity contribution in [3.8, 4) is 5.75 Å². The summed E-state index contributed by atoms with van der Waals surface area (Å²) in [4.78, 5) is 3.59. The van der Waals surface area contributed by atoms with Crippen molar-refractivity contribution >= 4 is 33.2 Å². The van der Waals surface area contributed by atoms with Gasteiger partial charge < -0.3 is 5.11 Å². The Hall–Kier alpha value is -1.34. The Balaban J connectivity index is 2.44. The molecule has 1 N–H and O–H groups in total. The maximum absolute atomic E-state index is 12.7. The van der Waals surface area contributed by atoms with Crippen LogP contribution < -0.4 is 0 Å². The first-order valence-electron chi connectivity index (χ1n) is 6.43. The van der Waals surface area contributed by atoms with Gasteiger partial charge in [0.05, 0.1) is 5.02 Å². The molecule has 0 bridgehead atoms. The number of rotatable bonds is 5. The maximum Gasteiger partial charge on any atom is 0.247 e. The fourth-order valence-corrected chi connectivity index (χ4v) is 4.12. The Bertz CT molecular complexity index is 767. The molecular formula is C14H14Cl2N2O3S. The van der Waals surface area contributed by atoms with Crippen LogP contribution in [0.1, 0.15) is 12.5 Å². The molecule has 0 radical (unpaired) electrons. The van der Waals surface area contributed by atoms with Gasteiger partial charge >= 0.3 is 0 Å². The van der Waals surface area contributed by atoms with Crippen molar-refractivity contribution in [3.05, 3.63) is 52.3 Å². The average molecular weight is 361 g/mol. The lowest BCUT2D eigenvalue weighted by Gasteiger charge is -2.21. The molecule has 2 rings (SSSR count). The molecule has 22 heavy (non-hydrogen) atoms. The van der Waals surface area contributed by atoms with Gasteiger partial charge in [0, 0.05) is 30.5 Å². The lowest BCUT2D eigenvalue weighted by Crippen LogP contribution is -2.30. The van der Waals surface area contributed by atoms with E-state index in [2.05, 4.69) is 4.98 Å². The summed E-state index contributed by atoms with van der Waals surface area (Å²) in [5.41, 5.74) is 0.785. The highest BCUT2D eigenvalue weighted by molar-refractivity contribution is 7.89. The molecule has 0 saturated heterocycles. The van der Waals surface area contributed by atoms with E-state index in [1.807, 2.05) is 0 Å². The first-order valence-corrected chi connectivity index (χ1v) is 8.63. The molecule has 5 nitrogen and oxygen atoms in total. The van der Waals surface area contributed by atoms with Crippen molar-refractivity contribution in [2.75, 3.05) is 6.54 Å². The summed E-state index contributed by atoms with van der Waals surface area (Å²) in [5.74, 6) is -0.501. The Morgan fingerprint density at radius 3 is 2.45 bits per heavy atom. The number of benzene rings is 1. The first-order chi connectivity index (χ1) is 10.4. The number of hydrogen-bond acceptors (Lipinski definition) is 4. The zero-order valence-electron chi connectivity index (χ0n) is 11.7. The van der Waals surface area contributed by atoms with Crippen LogP contribution in [0, 0.1) is 0 Å². The highest BCUT2D eigenvalue weighted by Crippen LogP contribution is 2.35. The fraction of sp³-hybridized carbons (Fsp3) is 0.214. The predicted octanol–water partition coefficient (Wildman–Crippen LogP) is 3.30. The zero-order chi connectivity index (χ0) is 16.3. The van der Waals surface area contributed by atoms with Gasteiger partial charge in [-0.3, -0.25) is 4.98 Å². The van der Waals surface area contributed by atoms with Gasteiger partial charge in [0.15, 0.2) is 5.75 Å². The third kappa shape index (κ3) is 3.52.